The van der Waals surface area contributed by atoms with Gasteiger partial charge in [0.15, 0.2) is 0 Å². The summed E-state index contributed by atoms with van der Waals surface area (Å²) in [5.74, 6) is 1.24. The molecule has 3 unspecified atom stereocenters. The van der Waals surface area contributed by atoms with Crippen LogP contribution in [0.25, 0.3) is 0 Å². The monoisotopic (exact) mass is 261 g/mol. The molecule has 1 aliphatic carbocycles. The van der Waals surface area contributed by atoms with E-state index in [1.54, 1.807) is 0 Å². The molecule has 104 valence electrons. The summed E-state index contributed by atoms with van der Waals surface area (Å²) in [5.41, 5.74) is 6.23. The molecule has 1 heterocycles. The maximum Gasteiger partial charge on any atom is 0.122 e. The third kappa shape index (κ3) is 1.79. The van der Waals surface area contributed by atoms with Gasteiger partial charge in [-0.3, -0.25) is 0 Å². The first kappa shape index (κ1) is 12.9. The van der Waals surface area contributed by atoms with E-state index >= 15 is 0 Å². The predicted octanol–water partition coefficient (Wildman–Crippen LogP) is 2.12. The van der Waals surface area contributed by atoms with Crippen LogP contribution in [0.5, 0.6) is 5.75 Å². The third-order valence-corrected chi connectivity index (χ3v) is 5.32. The molecule has 1 aromatic carbocycles. The van der Waals surface area contributed by atoms with Gasteiger partial charge in [-0.2, -0.15) is 0 Å². The van der Waals surface area contributed by atoms with Crippen LogP contribution in [-0.4, -0.2) is 23.9 Å². The highest BCUT2D eigenvalue weighted by Crippen LogP contribution is 2.51. The van der Waals surface area contributed by atoms with Gasteiger partial charge in [0.2, 0.25) is 0 Å². The largest absolute Gasteiger partial charge is 0.493 e. The molecule has 0 saturated heterocycles. The lowest BCUT2D eigenvalue weighted by Crippen LogP contribution is -2.59. The maximum atomic E-state index is 11.2. The molecule has 0 amide bonds. The molecule has 3 rings (SSSR count). The lowest BCUT2D eigenvalue weighted by molar-refractivity contribution is -0.127. The van der Waals surface area contributed by atoms with Crippen LogP contribution in [0.1, 0.15) is 31.7 Å². The van der Waals surface area contributed by atoms with E-state index in [4.69, 9.17) is 10.5 Å². The standard InChI is InChI=1S/C16H23NO2/c1-12-5-4-8-16(12,18)15(10-17)9-13-6-2-3-7-14(13)19-11-15/h2-3,6-7,12,18H,4-5,8-11,17H2,1H3. The molecule has 1 fully saturated rings. The van der Waals surface area contributed by atoms with Crippen molar-refractivity contribution in [3.63, 3.8) is 0 Å². The van der Waals surface area contributed by atoms with Gasteiger partial charge in [-0.15, -0.1) is 0 Å². The summed E-state index contributed by atoms with van der Waals surface area (Å²) in [7, 11) is 0. The first-order valence-electron chi connectivity index (χ1n) is 7.24. The molecule has 0 spiro atoms. The smallest absolute Gasteiger partial charge is 0.122 e. The van der Waals surface area contributed by atoms with E-state index in [1.807, 2.05) is 18.2 Å². The molecule has 0 bridgehead atoms. The lowest BCUT2D eigenvalue weighted by Gasteiger charge is -2.49. The topological polar surface area (TPSA) is 55.5 Å². The normalized spacial score (nSPS) is 37.7. The SMILES string of the molecule is CC1CCCC1(O)C1(CN)COc2ccccc2C1. The zero-order valence-corrected chi connectivity index (χ0v) is 11.6. The van der Waals surface area contributed by atoms with Crippen molar-refractivity contribution >= 4 is 0 Å². The summed E-state index contributed by atoms with van der Waals surface area (Å²) in [6.45, 7) is 3.15. The Hall–Kier alpha value is -1.06. The molecular formula is C16H23NO2. The summed E-state index contributed by atoms with van der Waals surface area (Å²) in [4.78, 5) is 0. The fourth-order valence-electron chi connectivity index (χ4n) is 3.96. The fraction of sp³-hybridized carbons (Fsp3) is 0.625. The van der Waals surface area contributed by atoms with E-state index in [2.05, 4.69) is 13.0 Å². The Bertz CT molecular complexity index is 476. The fourth-order valence-corrected chi connectivity index (χ4v) is 3.96. The maximum absolute atomic E-state index is 11.2. The van der Waals surface area contributed by atoms with E-state index < -0.39 is 5.60 Å². The number of fused-ring (bicyclic) bond motifs is 1. The van der Waals surface area contributed by atoms with Crippen molar-refractivity contribution in [2.24, 2.45) is 17.1 Å². The Morgan fingerprint density at radius 1 is 1.42 bits per heavy atom. The Morgan fingerprint density at radius 2 is 2.21 bits per heavy atom. The molecule has 0 aromatic heterocycles. The second-order valence-electron chi connectivity index (χ2n) is 6.28. The minimum atomic E-state index is -0.685. The number of benzene rings is 1. The van der Waals surface area contributed by atoms with Crippen molar-refractivity contribution in [1.29, 1.82) is 0 Å². The first-order chi connectivity index (χ1) is 9.11. The van der Waals surface area contributed by atoms with Crippen LogP contribution in [0.2, 0.25) is 0 Å². The second-order valence-corrected chi connectivity index (χ2v) is 6.28. The van der Waals surface area contributed by atoms with Crippen molar-refractivity contribution in [2.45, 2.75) is 38.2 Å². The molecule has 1 aromatic rings. The van der Waals surface area contributed by atoms with E-state index in [0.29, 0.717) is 19.1 Å². The molecule has 0 radical (unpaired) electrons. The van der Waals surface area contributed by atoms with Gasteiger partial charge in [-0.1, -0.05) is 31.5 Å². The number of ether oxygens (including phenoxy) is 1. The number of hydrogen-bond acceptors (Lipinski definition) is 3. The quantitative estimate of drug-likeness (QED) is 0.857. The molecule has 1 saturated carbocycles. The molecule has 3 atom stereocenters. The number of para-hydroxylation sites is 1. The van der Waals surface area contributed by atoms with E-state index in [-0.39, 0.29) is 5.41 Å². The van der Waals surface area contributed by atoms with Crippen LogP contribution < -0.4 is 10.5 Å². The van der Waals surface area contributed by atoms with Gasteiger partial charge in [0, 0.05) is 12.0 Å². The lowest BCUT2D eigenvalue weighted by atomic mass is 9.63. The van der Waals surface area contributed by atoms with Gasteiger partial charge < -0.3 is 15.6 Å². The summed E-state index contributed by atoms with van der Waals surface area (Å²) in [6, 6.07) is 8.10. The summed E-state index contributed by atoms with van der Waals surface area (Å²) >= 11 is 0. The first-order valence-corrected chi connectivity index (χ1v) is 7.24. The number of hydrogen-bond donors (Lipinski definition) is 2. The summed E-state index contributed by atoms with van der Waals surface area (Å²) < 4.78 is 5.92. The molecule has 2 aliphatic rings. The van der Waals surface area contributed by atoms with Crippen molar-refractivity contribution in [1.82, 2.24) is 0 Å². The van der Waals surface area contributed by atoms with Crippen molar-refractivity contribution in [2.75, 3.05) is 13.2 Å². The average molecular weight is 261 g/mol. The van der Waals surface area contributed by atoms with Gasteiger partial charge in [0.05, 0.1) is 12.2 Å². The van der Waals surface area contributed by atoms with Crippen LogP contribution >= 0.6 is 0 Å². The Morgan fingerprint density at radius 3 is 2.89 bits per heavy atom. The molecular weight excluding hydrogens is 238 g/mol. The zero-order chi connectivity index (χ0) is 13.5. The molecule has 3 nitrogen and oxygen atoms in total. The van der Waals surface area contributed by atoms with Crippen LogP contribution in [0.3, 0.4) is 0 Å². The highest BCUT2D eigenvalue weighted by molar-refractivity contribution is 5.37. The Kier molecular flexibility index (Phi) is 3.06. The molecule has 1 aliphatic heterocycles. The van der Waals surface area contributed by atoms with Crippen molar-refractivity contribution in [3.8, 4) is 5.75 Å². The predicted molar refractivity (Wildman–Crippen MR) is 75.1 cm³/mol. The average Bonchev–Trinajstić information content (AvgIpc) is 2.79. The van der Waals surface area contributed by atoms with Crippen molar-refractivity contribution < 1.29 is 9.84 Å². The third-order valence-electron chi connectivity index (χ3n) is 5.32. The van der Waals surface area contributed by atoms with E-state index in [0.717, 1.165) is 31.4 Å². The van der Waals surface area contributed by atoms with Crippen molar-refractivity contribution in [3.05, 3.63) is 29.8 Å². The number of nitrogens with two attached hydrogens (primary N) is 1. The minimum absolute atomic E-state index is 0.296. The summed E-state index contributed by atoms with van der Waals surface area (Å²) in [6.07, 6.45) is 3.83. The van der Waals surface area contributed by atoms with E-state index in [9.17, 15) is 5.11 Å². The minimum Gasteiger partial charge on any atom is -0.493 e. The van der Waals surface area contributed by atoms with Crippen LogP contribution in [0.4, 0.5) is 0 Å². The van der Waals surface area contributed by atoms with Crippen LogP contribution in [-0.2, 0) is 6.42 Å². The molecule has 19 heavy (non-hydrogen) atoms. The van der Waals surface area contributed by atoms with Gasteiger partial charge in [-0.25, -0.2) is 0 Å². The van der Waals surface area contributed by atoms with Gasteiger partial charge in [0.1, 0.15) is 5.75 Å². The zero-order valence-electron chi connectivity index (χ0n) is 11.6. The Labute approximate surface area is 114 Å². The van der Waals surface area contributed by atoms with E-state index in [1.165, 1.54) is 5.56 Å². The van der Waals surface area contributed by atoms with Gasteiger partial charge >= 0.3 is 0 Å². The number of aliphatic hydroxyl groups is 1. The van der Waals surface area contributed by atoms with Crippen LogP contribution in [0, 0.1) is 11.3 Å². The highest BCUT2D eigenvalue weighted by Gasteiger charge is 2.56. The van der Waals surface area contributed by atoms with Gasteiger partial charge in [-0.05, 0) is 36.8 Å². The van der Waals surface area contributed by atoms with Crippen LogP contribution in [0.15, 0.2) is 24.3 Å². The Balaban J connectivity index is 1.98. The second kappa shape index (κ2) is 4.50. The molecule has 3 N–H and O–H groups in total. The molecule has 3 heteroatoms. The highest BCUT2D eigenvalue weighted by atomic mass is 16.5. The van der Waals surface area contributed by atoms with Gasteiger partial charge in [0.25, 0.3) is 0 Å². The number of rotatable bonds is 2. The summed E-state index contributed by atoms with van der Waals surface area (Å²) in [5, 5.41) is 11.2.